The summed E-state index contributed by atoms with van der Waals surface area (Å²) in [6, 6.07) is 3.54. The zero-order valence-corrected chi connectivity index (χ0v) is 27.1. The highest BCUT2D eigenvalue weighted by Gasteiger charge is 2.34. The fourth-order valence-corrected chi connectivity index (χ4v) is 4.99. The second-order valence-corrected chi connectivity index (χ2v) is 12.0. The molecule has 1 aromatic carbocycles. The number of unbranched alkanes of at least 4 members (excludes halogenated alkanes) is 1. The number of benzene rings is 1. The lowest BCUT2D eigenvalue weighted by molar-refractivity contribution is -0.0126. The molecule has 0 aromatic heterocycles. The Labute approximate surface area is 252 Å². The lowest BCUT2D eigenvalue weighted by atomic mass is 9.85. The number of piperazine rings is 1. The molecule has 1 atom stereocenters. The molecule has 3 rings (SSSR count). The number of carbonyl (C=O) groups excluding carboxylic acids is 1. The summed E-state index contributed by atoms with van der Waals surface area (Å²) in [5.74, 6) is 0.373. The van der Waals surface area contributed by atoms with E-state index in [-0.39, 0.29) is 12.1 Å². The van der Waals surface area contributed by atoms with E-state index in [1.807, 2.05) is 38.8 Å². The van der Waals surface area contributed by atoms with Gasteiger partial charge in [-0.15, -0.1) is 0 Å². The van der Waals surface area contributed by atoms with Crippen LogP contribution in [0.2, 0.25) is 0 Å². The van der Waals surface area contributed by atoms with Crippen molar-refractivity contribution in [1.82, 2.24) is 9.80 Å². The average Bonchev–Trinajstić information content (AvgIpc) is 2.84. The van der Waals surface area contributed by atoms with Crippen molar-refractivity contribution >= 4 is 12.3 Å². The molecule has 42 heavy (non-hydrogen) atoms. The highest BCUT2D eigenvalue weighted by atomic mass is 19.1. The second-order valence-electron chi connectivity index (χ2n) is 12.0. The SMILES string of the molecule is C\C=N/C(=C(C(=C\CCC)/C1COC1)\C(C)=C\CC)N1CCN(C(=O)OC(C)(C)C)CC1C.Cc1cc(F)cc(F)c1. The van der Waals surface area contributed by atoms with Crippen LogP contribution in [0.3, 0.4) is 0 Å². The van der Waals surface area contributed by atoms with E-state index in [1.165, 1.54) is 28.9 Å². The lowest BCUT2D eigenvalue weighted by Crippen LogP contribution is -2.54. The minimum Gasteiger partial charge on any atom is -0.444 e. The third-order valence-corrected chi connectivity index (χ3v) is 6.96. The van der Waals surface area contributed by atoms with Gasteiger partial charge in [-0.25, -0.2) is 18.6 Å². The van der Waals surface area contributed by atoms with Crippen LogP contribution in [0.1, 0.15) is 80.2 Å². The van der Waals surface area contributed by atoms with Crippen molar-refractivity contribution in [1.29, 1.82) is 0 Å². The first-order valence-electron chi connectivity index (χ1n) is 15.2. The van der Waals surface area contributed by atoms with Crippen LogP contribution in [0.25, 0.3) is 0 Å². The summed E-state index contributed by atoms with van der Waals surface area (Å²) in [6.45, 7) is 21.6. The molecule has 2 saturated heterocycles. The molecule has 0 N–H and O–H groups in total. The van der Waals surface area contributed by atoms with Gasteiger partial charge in [-0.2, -0.15) is 0 Å². The summed E-state index contributed by atoms with van der Waals surface area (Å²) in [5.41, 5.74) is 3.96. The van der Waals surface area contributed by atoms with Gasteiger partial charge >= 0.3 is 6.09 Å². The molecule has 2 heterocycles. The maximum Gasteiger partial charge on any atom is 0.410 e. The van der Waals surface area contributed by atoms with Crippen molar-refractivity contribution < 1.29 is 23.0 Å². The molecule has 0 aliphatic carbocycles. The van der Waals surface area contributed by atoms with E-state index in [4.69, 9.17) is 14.5 Å². The van der Waals surface area contributed by atoms with Crippen LogP contribution in [0, 0.1) is 24.5 Å². The third kappa shape index (κ3) is 10.7. The Morgan fingerprint density at radius 2 is 1.76 bits per heavy atom. The van der Waals surface area contributed by atoms with Gasteiger partial charge in [-0.3, -0.25) is 0 Å². The van der Waals surface area contributed by atoms with Crippen molar-refractivity contribution in [3.05, 3.63) is 70.1 Å². The number of aryl methyl sites for hydroxylation is 1. The van der Waals surface area contributed by atoms with Crippen LogP contribution in [0.5, 0.6) is 0 Å². The van der Waals surface area contributed by atoms with Gasteiger partial charge in [0.05, 0.1) is 13.2 Å². The Balaban J connectivity index is 0.000000581. The first-order chi connectivity index (χ1) is 19.8. The standard InChI is InChI=1S/C27H45N3O3.C7H6F2/c1-9-12-14-23(22-18-32-19-22)24(20(4)13-10-2)25(28-11-3)30-16-15-29(17-21(30)5)26(31)33-27(6,7)8;1-5-2-6(8)4-7(9)3-5/h11,13-14,21-22H,9-10,12,15-19H2,1-8H3;2-4H,1H3/b20-13+,23-14-,25-24-,28-11-;. The van der Waals surface area contributed by atoms with Crippen LogP contribution in [-0.4, -0.2) is 66.6 Å². The lowest BCUT2D eigenvalue weighted by Gasteiger charge is -2.42. The van der Waals surface area contributed by atoms with Crippen molar-refractivity contribution in [2.45, 2.75) is 93.2 Å². The smallest absolute Gasteiger partial charge is 0.410 e. The monoisotopic (exact) mass is 587 g/mol. The predicted molar refractivity (Wildman–Crippen MR) is 168 cm³/mol. The Morgan fingerprint density at radius 1 is 1.12 bits per heavy atom. The maximum absolute atomic E-state index is 12.7. The van der Waals surface area contributed by atoms with Gasteiger partial charge in [0, 0.05) is 49.4 Å². The van der Waals surface area contributed by atoms with Crippen molar-refractivity contribution in [2.24, 2.45) is 10.9 Å². The van der Waals surface area contributed by atoms with Crippen LogP contribution in [0.4, 0.5) is 13.6 Å². The predicted octanol–water partition coefficient (Wildman–Crippen LogP) is 8.23. The Hall–Kier alpha value is -3.00. The first kappa shape index (κ1) is 35.2. The molecule has 2 aliphatic rings. The van der Waals surface area contributed by atoms with Crippen molar-refractivity contribution in [3.63, 3.8) is 0 Å². The van der Waals surface area contributed by atoms with Gasteiger partial charge in [0.1, 0.15) is 23.1 Å². The summed E-state index contributed by atoms with van der Waals surface area (Å²) in [4.78, 5) is 21.8. The number of amides is 1. The molecule has 1 aromatic rings. The van der Waals surface area contributed by atoms with E-state index >= 15 is 0 Å². The van der Waals surface area contributed by atoms with E-state index in [9.17, 15) is 13.6 Å². The molecule has 234 valence electrons. The zero-order chi connectivity index (χ0) is 31.4. The summed E-state index contributed by atoms with van der Waals surface area (Å²) in [6.07, 6.45) is 9.46. The molecule has 1 amide bonds. The number of hydrogen-bond donors (Lipinski definition) is 0. The highest BCUT2D eigenvalue weighted by Crippen LogP contribution is 2.36. The Bertz CT molecular complexity index is 1110. The summed E-state index contributed by atoms with van der Waals surface area (Å²) < 4.78 is 35.6. The average molecular weight is 588 g/mol. The number of aliphatic imine (C=N–C) groups is 1. The number of rotatable bonds is 8. The number of hydrogen-bond acceptors (Lipinski definition) is 5. The van der Waals surface area contributed by atoms with Gasteiger partial charge in [0.15, 0.2) is 0 Å². The molecule has 6 nitrogen and oxygen atoms in total. The second kappa shape index (κ2) is 16.6. The number of nitrogens with zero attached hydrogens (tertiary/aromatic N) is 3. The van der Waals surface area contributed by atoms with E-state index < -0.39 is 17.2 Å². The fraction of sp³-hybridized carbons (Fsp3) is 0.588. The van der Waals surface area contributed by atoms with E-state index in [0.717, 1.165) is 50.9 Å². The highest BCUT2D eigenvalue weighted by molar-refractivity contribution is 5.68. The van der Waals surface area contributed by atoms with Crippen LogP contribution in [-0.2, 0) is 9.47 Å². The number of allylic oxidation sites excluding steroid dienone is 4. The van der Waals surface area contributed by atoms with Crippen LogP contribution in [0.15, 0.2) is 57.9 Å². The number of ether oxygens (including phenoxy) is 2. The molecule has 1 unspecified atom stereocenters. The molecule has 2 fully saturated rings. The Morgan fingerprint density at radius 3 is 2.21 bits per heavy atom. The maximum atomic E-state index is 12.7. The summed E-state index contributed by atoms with van der Waals surface area (Å²) >= 11 is 0. The van der Waals surface area contributed by atoms with Gasteiger partial charge in [-0.1, -0.05) is 32.4 Å². The molecule has 0 spiro atoms. The topological polar surface area (TPSA) is 54.4 Å². The van der Waals surface area contributed by atoms with Crippen LogP contribution >= 0.6 is 0 Å². The van der Waals surface area contributed by atoms with Gasteiger partial charge in [0.25, 0.3) is 0 Å². The van der Waals surface area contributed by atoms with Crippen molar-refractivity contribution in [3.8, 4) is 0 Å². The normalized spacial score (nSPS) is 19.3. The Kier molecular flexibility index (Phi) is 13.9. The number of carbonyl (C=O) groups is 1. The van der Waals surface area contributed by atoms with Crippen LogP contribution < -0.4 is 0 Å². The largest absolute Gasteiger partial charge is 0.444 e. The zero-order valence-electron chi connectivity index (χ0n) is 27.1. The fourth-order valence-electron chi connectivity index (χ4n) is 4.99. The molecular weight excluding hydrogens is 536 g/mol. The third-order valence-electron chi connectivity index (χ3n) is 6.96. The minimum atomic E-state index is -0.521. The van der Waals surface area contributed by atoms with Gasteiger partial charge in [-0.05, 0) is 90.2 Å². The molecular formula is C34H51F2N3O3. The molecule has 0 saturated carbocycles. The summed E-state index contributed by atoms with van der Waals surface area (Å²) in [7, 11) is 0. The quantitative estimate of drug-likeness (QED) is 0.227. The molecule has 8 heteroatoms. The summed E-state index contributed by atoms with van der Waals surface area (Å²) in [5, 5.41) is 0. The first-order valence-corrected chi connectivity index (χ1v) is 15.2. The molecule has 0 bridgehead atoms. The minimum absolute atomic E-state index is 0.125. The van der Waals surface area contributed by atoms with Gasteiger partial charge < -0.3 is 19.3 Å². The molecule has 2 aliphatic heterocycles. The van der Waals surface area contributed by atoms with Gasteiger partial charge in [0.2, 0.25) is 0 Å². The van der Waals surface area contributed by atoms with E-state index in [0.29, 0.717) is 24.6 Å². The van der Waals surface area contributed by atoms with E-state index in [2.05, 4.69) is 44.7 Å². The van der Waals surface area contributed by atoms with Crippen molar-refractivity contribution in [2.75, 3.05) is 32.8 Å². The van der Waals surface area contributed by atoms with E-state index in [1.54, 1.807) is 6.92 Å². The molecule has 0 radical (unpaired) electrons. The number of halogens is 2.